The molecule has 0 aliphatic heterocycles. The number of amides is 1. The lowest BCUT2D eigenvalue weighted by Gasteiger charge is -2.20. The minimum atomic E-state index is -0.524. The molecule has 0 spiro atoms. The monoisotopic (exact) mass is 298 g/mol. The van der Waals surface area contributed by atoms with Crippen LogP contribution in [0.2, 0.25) is 5.02 Å². The summed E-state index contributed by atoms with van der Waals surface area (Å²) in [5, 5.41) is 3.29. The average Bonchev–Trinajstić information content (AvgIpc) is 2.26. The predicted molar refractivity (Wildman–Crippen MR) is 83.4 cm³/mol. The van der Waals surface area contributed by atoms with Crippen LogP contribution in [0.4, 0.5) is 10.5 Å². The summed E-state index contributed by atoms with van der Waals surface area (Å²) in [6.45, 7) is 8.15. The van der Waals surface area contributed by atoms with Crippen molar-refractivity contribution in [3.05, 3.63) is 28.8 Å². The molecule has 3 N–H and O–H groups in total. The van der Waals surface area contributed by atoms with Crippen molar-refractivity contribution >= 4 is 23.4 Å². The second-order valence-electron chi connectivity index (χ2n) is 5.84. The summed E-state index contributed by atoms with van der Waals surface area (Å²) in [6.07, 6.45) is 0.384. The molecule has 112 valence electrons. The van der Waals surface area contributed by atoms with Gasteiger partial charge >= 0.3 is 6.09 Å². The summed E-state index contributed by atoms with van der Waals surface area (Å²) in [4.78, 5) is 11.7. The van der Waals surface area contributed by atoms with Gasteiger partial charge in [0.1, 0.15) is 5.60 Å². The summed E-state index contributed by atoms with van der Waals surface area (Å²) < 4.78 is 5.19. The molecule has 1 aromatic rings. The van der Waals surface area contributed by atoms with Gasteiger partial charge in [0.25, 0.3) is 0 Å². The third kappa shape index (κ3) is 5.39. The number of hydrogen-bond donors (Lipinski definition) is 2. The van der Waals surface area contributed by atoms with Crippen LogP contribution in [0.15, 0.2) is 18.2 Å². The highest BCUT2D eigenvalue weighted by atomic mass is 35.5. The maximum Gasteiger partial charge on any atom is 0.412 e. The van der Waals surface area contributed by atoms with E-state index in [0.717, 1.165) is 12.0 Å². The van der Waals surface area contributed by atoms with E-state index in [-0.39, 0.29) is 0 Å². The van der Waals surface area contributed by atoms with Crippen LogP contribution < -0.4 is 11.1 Å². The average molecular weight is 299 g/mol. The first kappa shape index (κ1) is 16.8. The second kappa shape index (κ2) is 6.95. The van der Waals surface area contributed by atoms with Gasteiger partial charge in [-0.15, -0.1) is 0 Å². The van der Waals surface area contributed by atoms with Crippen LogP contribution >= 0.6 is 11.6 Å². The van der Waals surface area contributed by atoms with E-state index in [0.29, 0.717) is 23.2 Å². The van der Waals surface area contributed by atoms with Crippen LogP contribution in [0.1, 0.15) is 45.6 Å². The fourth-order valence-corrected chi connectivity index (χ4v) is 2.20. The molecule has 5 heteroatoms. The van der Waals surface area contributed by atoms with Crippen LogP contribution in [0.5, 0.6) is 0 Å². The first-order chi connectivity index (χ1) is 9.23. The Hall–Kier alpha value is -1.26. The first-order valence-electron chi connectivity index (χ1n) is 6.72. The van der Waals surface area contributed by atoms with Crippen molar-refractivity contribution in [1.82, 2.24) is 0 Å². The van der Waals surface area contributed by atoms with Crippen molar-refractivity contribution < 1.29 is 9.53 Å². The van der Waals surface area contributed by atoms with Gasteiger partial charge in [-0.05, 0) is 57.4 Å². The van der Waals surface area contributed by atoms with Gasteiger partial charge in [-0.2, -0.15) is 0 Å². The molecule has 1 unspecified atom stereocenters. The predicted octanol–water partition coefficient (Wildman–Crippen LogP) is 4.14. The summed E-state index contributed by atoms with van der Waals surface area (Å²) in [7, 11) is 0. The zero-order chi connectivity index (χ0) is 15.3. The maximum atomic E-state index is 11.7. The highest BCUT2D eigenvalue weighted by Gasteiger charge is 2.17. The standard InChI is InChI=1S/C15H23ClN2O2/c1-10(7-8-17)12-6-5-11(9-13(12)16)18-14(19)20-15(2,3)4/h5-6,9-10H,7-8,17H2,1-4H3,(H,18,19). The van der Waals surface area contributed by atoms with Crippen molar-refractivity contribution in [2.24, 2.45) is 5.73 Å². The number of halogens is 1. The number of anilines is 1. The van der Waals surface area contributed by atoms with Crippen LogP contribution in [0, 0.1) is 0 Å². The summed E-state index contributed by atoms with van der Waals surface area (Å²) >= 11 is 6.24. The van der Waals surface area contributed by atoms with E-state index in [4.69, 9.17) is 22.1 Å². The molecule has 4 nitrogen and oxygen atoms in total. The molecular weight excluding hydrogens is 276 g/mol. The Balaban J connectivity index is 2.75. The van der Waals surface area contributed by atoms with Gasteiger partial charge in [0.05, 0.1) is 0 Å². The Morgan fingerprint density at radius 1 is 1.45 bits per heavy atom. The van der Waals surface area contributed by atoms with E-state index in [1.165, 1.54) is 0 Å². The number of carbonyl (C=O) groups is 1. The highest BCUT2D eigenvalue weighted by Crippen LogP contribution is 2.29. The molecule has 0 fully saturated rings. The zero-order valence-corrected chi connectivity index (χ0v) is 13.3. The van der Waals surface area contributed by atoms with E-state index in [9.17, 15) is 4.79 Å². The van der Waals surface area contributed by atoms with E-state index < -0.39 is 11.7 Å². The molecule has 1 amide bonds. The Morgan fingerprint density at radius 2 is 2.10 bits per heavy atom. The second-order valence-corrected chi connectivity index (χ2v) is 6.25. The van der Waals surface area contributed by atoms with Gasteiger partial charge in [-0.1, -0.05) is 24.6 Å². The number of nitrogens with two attached hydrogens (primary N) is 1. The Morgan fingerprint density at radius 3 is 2.60 bits per heavy atom. The quantitative estimate of drug-likeness (QED) is 0.878. The number of carbonyl (C=O) groups excluding carboxylic acids is 1. The molecule has 20 heavy (non-hydrogen) atoms. The molecule has 0 aromatic heterocycles. The Labute approximate surface area is 125 Å². The molecular formula is C15H23ClN2O2. The van der Waals surface area contributed by atoms with Crippen LogP contribution in [0.25, 0.3) is 0 Å². The third-order valence-electron chi connectivity index (χ3n) is 2.78. The number of benzene rings is 1. The normalized spacial score (nSPS) is 12.9. The molecule has 0 bridgehead atoms. The molecule has 1 rings (SSSR count). The minimum absolute atomic E-state index is 0.295. The lowest BCUT2D eigenvalue weighted by Crippen LogP contribution is -2.27. The first-order valence-corrected chi connectivity index (χ1v) is 7.10. The van der Waals surface area contributed by atoms with Crippen LogP contribution in [-0.4, -0.2) is 18.2 Å². The highest BCUT2D eigenvalue weighted by molar-refractivity contribution is 6.31. The smallest absolute Gasteiger partial charge is 0.412 e. The van der Waals surface area contributed by atoms with Crippen molar-refractivity contribution in [3.8, 4) is 0 Å². The van der Waals surface area contributed by atoms with Crippen molar-refractivity contribution in [1.29, 1.82) is 0 Å². The van der Waals surface area contributed by atoms with Gasteiger partial charge in [0, 0.05) is 10.7 Å². The zero-order valence-electron chi connectivity index (χ0n) is 12.5. The Kier molecular flexibility index (Phi) is 5.84. The molecule has 1 aromatic carbocycles. The molecule has 1 atom stereocenters. The third-order valence-corrected chi connectivity index (χ3v) is 3.10. The van der Waals surface area contributed by atoms with Crippen LogP contribution in [0.3, 0.4) is 0 Å². The van der Waals surface area contributed by atoms with E-state index in [1.54, 1.807) is 6.07 Å². The summed E-state index contributed by atoms with van der Waals surface area (Å²) in [5.41, 5.74) is 6.68. The van der Waals surface area contributed by atoms with Crippen molar-refractivity contribution in [2.75, 3.05) is 11.9 Å². The van der Waals surface area contributed by atoms with E-state index in [2.05, 4.69) is 12.2 Å². The molecule has 0 saturated carbocycles. The fraction of sp³-hybridized carbons (Fsp3) is 0.533. The number of ether oxygens (including phenoxy) is 1. The lowest BCUT2D eigenvalue weighted by atomic mass is 9.97. The van der Waals surface area contributed by atoms with Gasteiger partial charge in [0.15, 0.2) is 0 Å². The van der Waals surface area contributed by atoms with Crippen molar-refractivity contribution in [3.63, 3.8) is 0 Å². The summed E-state index contributed by atoms with van der Waals surface area (Å²) in [5.74, 6) is 0.295. The Bertz CT molecular complexity index is 469. The molecule has 0 saturated heterocycles. The molecule has 0 radical (unpaired) electrons. The lowest BCUT2D eigenvalue weighted by molar-refractivity contribution is 0.0636. The maximum absolute atomic E-state index is 11.7. The van der Waals surface area contributed by atoms with Crippen molar-refractivity contribution in [2.45, 2.75) is 45.6 Å². The molecule has 0 aliphatic carbocycles. The minimum Gasteiger partial charge on any atom is -0.444 e. The number of nitrogens with one attached hydrogen (secondary N) is 1. The van der Waals surface area contributed by atoms with Gasteiger partial charge in [0.2, 0.25) is 0 Å². The SMILES string of the molecule is CC(CCN)c1ccc(NC(=O)OC(C)(C)C)cc1Cl. The number of rotatable bonds is 4. The summed E-state index contributed by atoms with van der Waals surface area (Å²) in [6, 6.07) is 5.46. The largest absolute Gasteiger partial charge is 0.444 e. The fourth-order valence-electron chi connectivity index (χ4n) is 1.83. The van der Waals surface area contributed by atoms with E-state index in [1.807, 2.05) is 32.9 Å². The van der Waals surface area contributed by atoms with Gasteiger partial charge in [-0.25, -0.2) is 4.79 Å². The molecule has 0 heterocycles. The van der Waals surface area contributed by atoms with E-state index >= 15 is 0 Å². The van der Waals surface area contributed by atoms with Crippen LogP contribution in [-0.2, 0) is 4.74 Å². The molecule has 0 aliphatic rings. The van der Waals surface area contributed by atoms with Gasteiger partial charge < -0.3 is 10.5 Å². The van der Waals surface area contributed by atoms with Gasteiger partial charge in [-0.3, -0.25) is 5.32 Å². The number of hydrogen-bond acceptors (Lipinski definition) is 3. The topological polar surface area (TPSA) is 64.3 Å².